The van der Waals surface area contributed by atoms with Gasteiger partial charge >= 0.3 is 12.4 Å². The average molecular weight is 176 g/mol. The van der Waals surface area contributed by atoms with Crippen LogP contribution in [0.1, 0.15) is 13.3 Å². The molecule has 0 aliphatic rings. The van der Waals surface area contributed by atoms with E-state index < -0.39 is 5.97 Å². The van der Waals surface area contributed by atoms with Crippen molar-refractivity contribution in [1.29, 1.82) is 5.26 Å². The van der Waals surface area contributed by atoms with Crippen LogP contribution in [0.25, 0.3) is 0 Å². The maximum Gasteiger partial charge on any atom is 0.315 e. The van der Waals surface area contributed by atoms with Crippen LogP contribution in [0, 0.1) is 11.3 Å². The fourth-order valence-electron chi connectivity index (χ4n) is 0.204. The Labute approximate surface area is 70.3 Å². The normalized spacial score (nSPS) is 6.08. The fourth-order valence-corrected chi connectivity index (χ4v) is 0.204. The van der Waals surface area contributed by atoms with Gasteiger partial charge in [0.15, 0.2) is 0 Å². The predicted octanol–water partition coefficient (Wildman–Crippen LogP) is -0.240. The molecular formula is C6H12N2O4. The zero-order chi connectivity index (χ0) is 9.11. The van der Waals surface area contributed by atoms with Crippen molar-refractivity contribution < 1.29 is 19.4 Å². The lowest BCUT2D eigenvalue weighted by Crippen LogP contribution is -2.03. The number of nitrogens with zero attached hydrogens (tertiary/aromatic N) is 1. The number of hydrogen-bond donors (Lipinski definition) is 2. The van der Waals surface area contributed by atoms with Crippen LogP contribution in [0.3, 0.4) is 0 Å². The van der Waals surface area contributed by atoms with E-state index >= 15 is 0 Å². The van der Waals surface area contributed by atoms with Gasteiger partial charge in [-0.1, -0.05) is 0 Å². The first-order chi connectivity index (χ1) is 5.22. The monoisotopic (exact) mass is 176 g/mol. The van der Waals surface area contributed by atoms with Crippen molar-refractivity contribution in [2.24, 2.45) is 0 Å². The molecule has 0 aliphatic heterocycles. The minimum atomic E-state index is -0.706. The summed E-state index contributed by atoms with van der Waals surface area (Å²) in [6, 6.07) is 1.75. The molecule has 0 bridgehead atoms. The van der Waals surface area contributed by atoms with Crippen LogP contribution in [0.5, 0.6) is 0 Å². The van der Waals surface area contributed by atoms with E-state index in [1.54, 1.807) is 6.07 Å². The molecule has 0 aromatic heterocycles. The molecule has 0 radical (unpaired) electrons. The number of carbonyl (C=O) groups is 2. The van der Waals surface area contributed by atoms with E-state index in [0.717, 1.165) is 0 Å². The molecule has 6 heteroatoms. The highest BCUT2D eigenvalue weighted by molar-refractivity contribution is 5.76. The summed E-state index contributed by atoms with van der Waals surface area (Å²) in [5.74, 6) is -0.706. The van der Waals surface area contributed by atoms with Gasteiger partial charge in [0.05, 0.1) is 19.1 Å². The van der Waals surface area contributed by atoms with Crippen molar-refractivity contribution >= 4 is 12.4 Å². The molecule has 0 aliphatic carbocycles. The average Bonchev–Trinajstić information content (AvgIpc) is 1.90. The van der Waals surface area contributed by atoms with E-state index in [4.69, 9.17) is 10.4 Å². The van der Waals surface area contributed by atoms with Crippen LogP contribution in [0.15, 0.2) is 0 Å². The van der Waals surface area contributed by atoms with Gasteiger partial charge in [-0.15, -0.1) is 0 Å². The number of esters is 1. The Morgan fingerprint density at radius 1 is 1.75 bits per heavy atom. The molecule has 4 N–H and O–H groups in total. The Balaban J connectivity index is -0.000000177. The second kappa shape index (κ2) is 16.3. The molecule has 0 unspecified atom stereocenters. The Hall–Kier alpha value is -1.45. The number of nitriles is 1. The summed E-state index contributed by atoms with van der Waals surface area (Å²) in [5, 5.41) is 15.4. The largest absolute Gasteiger partial charge is 0.396 e. The summed E-state index contributed by atoms with van der Waals surface area (Å²) in [6.45, 7) is 1.19. The molecule has 70 valence electrons. The third kappa shape index (κ3) is 23.5. The minimum Gasteiger partial charge on any atom is -0.396 e. The zero-order valence-corrected chi connectivity index (χ0v) is 6.82. The topological polar surface area (TPSA) is 122 Å². The summed E-state index contributed by atoms with van der Waals surface area (Å²) in [4.78, 5) is 19.4. The molecule has 0 fully saturated rings. The lowest BCUT2D eigenvalue weighted by atomic mass is 10.5. The standard InChI is InChI=1S/C4H6O4.C2H3N.H3N/c5-2-1-4(7)8-3-6;1-2-3;/h3,5H,1-2H2;1H3;1H3. The van der Waals surface area contributed by atoms with Crippen molar-refractivity contribution in [2.75, 3.05) is 6.61 Å². The number of aliphatic hydroxyl groups is 1. The summed E-state index contributed by atoms with van der Waals surface area (Å²) < 4.78 is 3.80. The summed E-state index contributed by atoms with van der Waals surface area (Å²) >= 11 is 0. The lowest BCUT2D eigenvalue weighted by molar-refractivity contribution is -0.151. The third-order valence-electron chi connectivity index (χ3n) is 0.495. The van der Waals surface area contributed by atoms with Gasteiger partial charge in [0.1, 0.15) is 0 Å². The number of aliphatic hydroxyl groups excluding tert-OH is 1. The van der Waals surface area contributed by atoms with Gasteiger partial charge in [-0.05, 0) is 0 Å². The predicted molar refractivity (Wildman–Crippen MR) is 40.2 cm³/mol. The summed E-state index contributed by atoms with van der Waals surface area (Å²) in [5.41, 5.74) is 0. The lowest BCUT2D eigenvalue weighted by Gasteiger charge is -1.89. The highest BCUT2D eigenvalue weighted by atomic mass is 16.6. The Bertz CT molecular complexity index is 152. The van der Waals surface area contributed by atoms with E-state index in [9.17, 15) is 9.59 Å². The van der Waals surface area contributed by atoms with E-state index in [0.29, 0.717) is 0 Å². The summed E-state index contributed by atoms with van der Waals surface area (Å²) in [6.07, 6.45) is -0.126. The first kappa shape index (κ1) is 16.9. The maximum absolute atomic E-state index is 10.0. The molecule has 0 saturated carbocycles. The second-order valence-corrected chi connectivity index (χ2v) is 1.28. The Morgan fingerprint density at radius 3 is 2.42 bits per heavy atom. The molecule has 0 amide bonds. The van der Waals surface area contributed by atoms with Gasteiger partial charge in [0.25, 0.3) is 0 Å². The van der Waals surface area contributed by atoms with Gasteiger partial charge in [0.2, 0.25) is 0 Å². The zero-order valence-electron chi connectivity index (χ0n) is 6.82. The molecular weight excluding hydrogens is 164 g/mol. The Morgan fingerprint density at radius 2 is 2.17 bits per heavy atom. The van der Waals surface area contributed by atoms with Gasteiger partial charge in [-0.2, -0.15) is 5.26 Å². The molecule has 0 spiro atoms. The third-order valence-corrected chi connectivity index (χ3v) is 0.495. The van der Waals surface area contributed by atoms with Crippen molar-refractivity contribution in [3.8, 4) is 6.07 Å². The second-order valence-electron chi connectivity index (χ2n) is 1.28. The quantitative estimate of drug-likeness (QED) is 0.347. The fraction of sp³-hybridized carbons (Fsp3) is 0.500. The Kier molecular flexibility index (Phi) is 22.9. The van der Waals surface area contributed by atoms with Crippen LogP contribution in [0.2, 0.25) is 0 Å². The van der Waals surface area contributed by atoms with Crippen LogP contribution in [0.4, 0.5) is 0 Å². The number of ether oxygens (including phenoxy) is 1. The van der Waals surface area contributed by atoms with Crippen LogP contribution < -0.4 is 6.15 Å². The number of rotatable bonds is 3. The molecule has 0 saturated heterocycles. The molecule has 6 nitrogen and oxygen atoms in total. The van der Waals surface area contributed by atoms with E-state index in [1.807, 2.05) is 0 Å². The molecule has 0 aromatic rings. The number of hydrogen-bond acceptors (Lipinski definition) is 6. The molecule has 12 heavy (non-hydrogen) atoms. The molecule has 0 rings (SSSR count). The smallest absolute Gasteiger partial charge is 0.315 e. The van der Waals surface area contributed by atoms with E-state index in [1.165, 1.54) is 6.92 Å². The SMILES string of the molecule is CC#N.N.O=COC(=O)CCO. The number of carbonyl (C=O) groups excluding carboxylic acids is 2. The van der Waals surface area contributed by atoms with Crippen LogP contribution in [-0.4, -0.2) is 24.2 Å². The minimum absolute atomic E-state index is 0. The van der Waals surface area contributed by atoms with Gasteiger partial charge < -0.3 is 16.0 Å². The van der Waals surface area contributed by atoms with Crippen LogP contribution >= 0.6 is 0 Å². The van der Waals surface area contributed by atoms with Crippen molar-refractivity contribution in [1.82, 2.24) is 6.15 Å². The van der Waals surface area contributed by atoms with E-state index in [2.05, 4.69) is 4.74 Å². The van der Waals surface area contributed by atoms with Gasteiger partial charge in [-0.3, -0.25) is 9.59 Å². The maximum atomic E-state index is 10.0. The highest BCUT2D eigenvalue weighted by Crippen LogP contribution is 1.79. The van der Waals surface area contributed by atoms with Crippen molar-refractivity contribution in [3.05, 3.63) is 0 Å². The van der Waals surface area contributed by atoms with Gasteiger partial charge in [0, 0.05) is 6.92 Å². The molecule has 0 heterocycles. The van der Waals surface area contributed by atoms with E-state index in [-0.39, 0.29) is 25.7 Å². The first-order valence-electron chi connectivity index (χ1n) is 2.77. The highest BCUT2D eigenvalue weighted by Gasteiger charge is 1.97. The van der Waals surface area contributed by atoms with Crippen LogP contribution in [-0.2, 0) is 14.3 Å². The van der Waals surface area contributed by atoms with Crippen molar-refractivity contribution in [3.63, 3.8) is 0 Å². The first-order valence-corrected chi connectivity index (χ1v) is 2.77. The van der Waals surface area contributed by atoms with Gasteiger partial charge in [-0.25, -0.2) is 0 Å². The van der Waals surface area contributed by atoms with Crippen molar-refractivity contribution in [2.45, 2.75) is 13.3 Å². The summed E-state index contributed by atoms with van der Waals surface area (Å²) in [7, 11) is 0. The molecule has 0 atom stereocenters. The molecule has 0 aromatic carbocycles.